The molecule has 0 aromatic rings. The van der Waals surface area contributed by atoms with Crippen molar-refractivity contribution in [1.82, 2.24) is 0 Å². The molecule has 7 heteroatoms. The van der Waals surface area contributed by atoms with Crippen molar-refractivity contribution in [2.45, 2.75) is 114 Å². The Kier molecular flexibility index (Phi) is 5.43. The van der Waals surface area contributed by atoms with E-state index in [1.165, 1.54) is 32.1 Å². The summed E-state index contributed by atoms with van der Waals surface area (Å²) in [7, 11) is 0. The highest BCUT2D eigenvalue weighted by atomic mass is 19.3. The Balaban J connectivity index is 1.12. The third-order valence-electron chi connectivity index (χ3n) is 11.3. The Labute approximate surface area is 207 Å². The molecule has 196 valence electrons. The van der Waals surface area contributed by atoms with Gasteiger partial charge in [-0.3, -0.25) is 0 Å². The van der Waals surface area contributed by atoms with Gasteiger partial charge in [-0.25, -0.2) is 9.59 Å². The van der Waals surface area contributed by atoms with Crippen LogP contribution in [0.4, 0.5) is 8.78 Å². The highest BCUT2D eigenvalue weighted by molar-refractivity contribution is 5.77. The second kappa shape index (κ2) is 7.88. The van der Waals surface area contributed by atoms with Gasteiger partial charge in [0.2, 0.25) is 0 Å². The first-order valence-corrected chi connectivity index (χ1v) is 13.9. The monoisotopic (exact) mass is 494 g/mol. The smallest absolute Gasteiger partial charge is 0.377 e. The second-order valence-electron chi connectivity index (χ2n) is 13.4. The number of rotatable bonds is 7. The van der Waals surface area contributed by atoms with Crippen LogP contribution >= 0.6 is 0 Å². The molecule has 2 atom stereocenters. The van der Waals surface area contributed by atoms with Crippen molar-refractivity contribution in [3.8, 4) is 0 Å². The molecular weight excluding hydrogens is 454 g/mol. The molecule has 5 nitrogen and oxygen atoms in total. The van der Waals surface area contributed by atoms with Crippen molar-refractivity contribution >= 4 is 11.9 Å². The molecule has 0 aliphatic heterocycles. The number of halogens is 2. The number of esters is 2. The van der Waals surface area contributed by atoms with Gasteiger partial charge >= 0.3 is 17.9 Å². The van der Waals surface area contributed by atoms with Gasteiger partial charge in [0, 0.05) is 18.8 Å². The lowest BCUT2D eigenvalue weighted by Crippen LogP contribution is -2.66. The van der Waals surface area contributed by atoms with E-state index in [0.717, 1.165) is 31.1 Å². The van der Waals surface area contributed by atoms with Crippen LogP contribution in [0.25, 0.3) is 0 Å². The number of hydrogen-bond donors (Lipinski definition) is 0. The van der Waals surface area contributed by atoms with Gasteiger partial charge in [-0.1, -0.05) is 6.92 Å². The van der Waals surface area contributed by atoms with E-state index >= 15 is 0 Å². The van der Waals surface area contributed by atoms with E-state index in [1.54, 1.807) is 0 Å². The van der Waals surface area contributed by atoms with E-state index in [2.05, 4.69) is 6.92 Å². The zero-order chi connectivity index (χ0) is 24.8. The summed E-state index contributed by atoms with van der Waals surface area (Å²) >= 11 is 0. The summed E-state index contributed by atoms with van der Waals surface area (Å²) in [5, 5.41) is 0. The molecule has 8 saturated carbocycles. The van der Waals surface area contributed by atoms with Crippen LogP contribution in [-0.2, 0) is 23.8 Å². The molecule has 0 radical (unpaired) electrons. The van der Waals surface area contributed by atoms with Crippen molar-refractivity contribution < 1.29 is 32.6 Å². The summed E-state index contributed by atoms with van der Waals surface area (Å²) in [6, 6.07) is 0. The molecule has 0 heterocycles. The minimum absolute atomic E-state index is 0.0111. The molecule has 35 heavy (non-hydrogen) atoms. The summed E-state index contributed by atoms with van der Waals surface area (Å²) in [5.41, 5.74) is -1.67. The lowest BCUT2D eigenvalue weighted by molar-refractivity contribution is -0.264. The lowest BCUT2D eigenvalue weighted by atomic mass is 9.47. The van der Waals surface area contributed by atoms with Crippen LogP contribution in [0.15, 0.2) is 0 Å². The minimum atomic E-state index is -3.50. The maximum Gasteiger partial charge on any atom is 0.377 e. The predicted molar refractivity (Wildman–Crippen MR) is 124 cm³/mol. The Morgan fingerprint density at radius 1 is 0.829 bits per heavy atom. The lowest BCUT2D eigenvalue weighted by Gasteiger charge is -2.64. The van der Waals surface area contributed by atoms with Gasteiger partial charge in [0.25, 0.3) is 0 Å². The van der Waals surface area contributed by atoms with Crippen LogP contribution in [0.3, 0.4) is 0 Å². The van der Waals surface area contributed by atoms with Crippen LogP contribution in [0.1, 0.15) is 91.4 Å². The first-order valence-electron chi connectivity index (χ1n) is 13.9. The predicted octanol–water partition coefficient (Wildman–Crippen LogP) is 5.69. The molecule has 0 amide bonds. The van der Waals surface area contributed by atoms with Crippen molar-refractivity contribution in [2.24, 2.45) is 41.4 Å². The van der Waals surface area contributed by atoms with E-state index in [-0.39, 0.29) is 30.0 Å². The molecule has 8 aliphatic carbocycles. The molecule has 0 spiro atoms. The summed E-state index contributed by atoms with van der Waals surface area (Å²) in [4.78, 5) is 25.2. The molecule has 8 fully saturated rings. The van der Waals surface area contributed by atoms with Crippen LogP contribution in [0, 0.1) is 41.4 Å². The molecular formula is C28H40F2O5. The van der Waals surface area contributed by atoms with Crippen LogP contribution < -0.4 is 0 Å². The topological polar surface area (TPSA) is 61.8 Å². The standard InChI is InChI=1S/C28H40F2O5/c1-4-28(35-24(32)26(3,29)30)21-10-18-11-22(28)14-27(12-18,13-21)33-15-23(31)34-25(2)19-6-16-5-17(8-19)9-20(25)7-16/h16-22H,4-15H2,1-3H3. The van der Waals surface area contributed by atoms with E-state index in [0.29, 0.717) is 43.9 Å². The zero-order valence-corrected chi connectivity index (χ0v) is 21.3. The average Bonchev–Trinajstić information content (AvgIpc) is 2.77. The number of carbonyl (C=O) groups excluding carboxylic acids is 2. The molecule has 0 aromatic heterocycles. The Morgan fingerprint density at radius 2 is 1.37 bits per heavy atom. The highest BCUT2D eigenvalue weighted by Crippen LogP contribution is 2.64. The Morgan fingerprint density at radius 3 is 1.89 bits per heavy atom. The zero-order valence-electron chi connectivity index (χ0n) is 21.3. The summed E-state index contributed by atoms with van der Waals surface area (Å²) in [5.74, 6) is -2.22. The first-order chi connectivity index (χ1) is 16.4. The average molecular weight is 495 g/mol. The van der Waals surface area contributed by atoms with Gasteiger partial charge < -0.3 is 14.2 Å². The summed E-state index contributed by atoms with van der Waals surface area (Å²) in [6.07, 6.45) is 10.5. The van der Waals surface area contributed by atoms with Crippen molar-refractivity contribution in [1.29, 1.82) is 0 Å². The van der Waals surface area contributed by atoms with Crippen LogP contribution in [0.2, 0.25) is 0 Å². The van der Waals surface area contributed by atoms with Gasteiger partial charge in [0.1, 0.15) is 17.8 Å². The normalized spacial score (nSPS) is 49.3. The fraction of sp³-hybridized carbons (Fsp3) is 0.929. The molecule has 8 aliphatic rings. The molecule has 8 bridgehead atoms. The van der Waals surface area contributed by atoms with Crippen molar-refractivity contribution in [3.05, 3.63) is 0 Å². The van der Waals surface area contributed by atoms with Gasteiger partial charge in [0.15, 0.2) is 0 Å². The largest absolute Gasteiger partial charge is 0.457 e. The molecule has 0 saturated heterocycles. The molecule has 0 aromatic carbocycles. The number of ether oxygens (including phenoxy) is 3. The second-order valence-corrected chi connectivity index (χ2v) is 13.4. The maximum absolute atomic E-state index is 13.7. The first kappa shape index (κ1) is 24.1. The van der Waals surface area contributed by atoms with E-state index in [1.807, 2.05) is 6.92 Å². The fourth-order valence-electron chi connectivity index (χ4n) is 10.0. The molecule has 2 unspecified atom stereocenters. The fourth-order valence-corrected chi connectivity index (χ4v) is 10.0. The molecule has 0 N–H and O–H groups in total. The number of hydrogen-bond acceptors (Lipinski definition) is 5. The Hall–Kier alpha value is -1.24. The van der Waals surface area contributed by atoms with Gasteiger partial charge in [-0.15, -0.1) is 0 Å². The molecule has 8 rings (SSSR count). The maximum atomic E-state index is 13.7. The quantitative estimate of drug-likeness (QED) is 0.426. The van der Waals surface area contributed by atoms with Crippen LogP contribution in [-0.4, -0.2) is 41.3 Å². The Bertz CT molecular complexity index is 850. The van der Waals surface area contributed by atoms with E-state index in [4.69, 9.17) is 14.2 Å². The summed E-state index contributed by atoms with van der Waals surface area (Å²) in [6.45, 7) is 4.63. The van der Waals surface area contributed by atoms with Gasteiger partial charge in [-0.05, 0) is 107 Å². The third kappa shape index (κ3) is 3.76. The van der Waals surface area contributed by atoms with Crippen LogP contribution in [0.5, 0.6) is 0 Å². The van der Waals surface area contributed by atoms with Crippen molar-refractivity contribution in [3.63, 3.8) is 0 Å². The third-order valence-corrected chi connectivity index (χ3v) is 11.3. The minimum Gasteiger partial charge on any atom is -0.457 e. The van der Waals surface area contributed by atoms with E-state index in [9.17, 15) is 18.4 Å². The van der Waals surface area contributed by atoms with Crippen molar-refractivity contribution in [2.75, 3.05) is 6.61 Å². The summed E-state index contributed by atoms with van der Waals surface area (Å²) < 4.78 is 45.6. The number of alkyl halides is 2. The number of carbonyl (C=O) groups is 2. The van der Waals surface area contributed by atoms with Gasteiger partial charge in [-0.2, -0.15) is 8.78 Å². The highest BCUT2D eigenvalue weighted by Gasteiger charge is 2.65. The van der Waals surface area contributed by atoms with Gasteiger partial charge in [0.05, 0.1) is 5.60 Å². The SMILES string of the molecule is CCC1(OC(=O)C(C)(F)F)C2CC3CC1CC(OCC(=O)OC1(C)C4CC5CC(C4)CC1C5)(C3)C2. The van der Waals surface area contributed by atoms with E-state index < -0.39 is 23.1 Å².